The molecule has 0 spiro atoms. The fourth-order valence-corrected chi connectivity index (χ4v) is 4.81. The van der Waals surface area contributed by atoms with Crippen LogP contribution in [0.3, 0.4) is 0 Å². The highest BCUT2D eigenvalue weighted by molar-refractivity contribution is 5.87. The maximum Gasteiger partial charge on any atom is 0.330 e. The molecule has 0 saturated carbocycles. The van der Waals surface area contributed by atoms with Gasteiger partial charge in [0.15, 0.2) is 0 Å². The second-order valence-corrected chi connectivity index (χ2v) is 8.30. The summed E-state index contributed by atoms with van der Waals surface area (Å²) in [6.45, 7) is 3.48. The number of aromatic nitrogens is 1. The summed E-state index contributed by atoms with van der Waals surface area (Å²) in [5, 5.41) is 10.6. The number of hydrogen-bond donors (Lipinski definition) is 2. The number of fused-ring (bicyclic) bond motifs is 2. The van der Waals surface area contributed by atoms with Crippen LogP contribution in [0.4, 0.5) is 4.39 Å². The molecule has 1 atom stereocenters. The molecular formula is C26H29FN2O3. The largest absolute Gasteiger partial charge is 0.466 e. The van der Waals surface area contributed by atoms with E-state index in [-0.39, 0.29) is 24.4 Å². The van der Waals surface area contributed by atoms with Gasteiger partial charge in [-0.2, -0.15) is 0 Å². The van der Waals surface area contributed by atoms with Crippen LogP contribution in [-0.4, -0.2) is 47.8 Å². The van der Waals surface area contributed by atoms with Gasteiger partial charge in [-0.05, 0) is 72.7 Å². The Kier molecular flexibility index (Phi) is 6.72. The molecule has 1 heterocycles. The van der Waals surface area contributed by atoms with Crippen molar-refractivity contribution in [2.45, 2.75) is 32.2 Å². The summed E-state index contributed by atoms with van der Waals surface area (Å²) < 4.78 is 18.5. The number of rotatable bonds is 8. The summed E-state index contributed by atoms with van der Waals surface area (Å²) in [7, 11) is 1.37. The first kappa shape index (κ1) is 22.2. The summed E-state index contributed by atoms with van der Waals surface area (Å²) in [6, 6.07) is 11.4. The highest BCUT2D eigenvalue weighted by Crippen LogP contribution is 2.37. The van der Waals surface area contributed by atoms with E-state index in [0.717, 1.165) is 53.5 Å². The van der Waals surface area contributed by atoms with Gasteiger partial charge in [-0.3, -0.25) is 4.90 Å². The molecule has 5 nitrogen and oxygen atoms in total. The van der Waals surface area contributed by atoms with Crippen molar-refractivity contribution in [1.29, 1.82) is 0 Å². The van der Waals surface area contributed by atoms with Crippen molar-refractivity contribution >= 4 is 22.9 Å². The molecule has 2 aromatic carbocycles. The van der Waals surface area contributed by atoms with Crippen LogP contribution in [0, 0.1) is 12.7 Å². The first-order valence-electron chi connectivity index (χ1n) is 11.0. The lowest BCUT2D eigenvalue weighted by Gasteiger charge is -2.29. The zero-order valence-corrected chi connectivity index (χ0v) is 18.5. The lowest BCUT2D eigenvalue weighted by Crippen LogP contribution is -2.32. The average molecular weight is 437 g/mol. The Bertz CT molecular complexity index is 1150. The Labute approximate surface area is 187 Å². The van der Waals surface area contributed by atoms with Crippen molar-refractivity contribution in [3.05, 3.63) is 76.2 Å². The maximum atomic E-state index is 13.8. The molecule has 4 rings (SSSR count). The van der Waals surface area contributed by atoms with E-state index in [4.69, 9.17) is 0 Å². The molecule has 32 heavy (non-hydrogen) atoms. The number of nitrogens with zero attached hydrogens (tertiary/aromatic N) is 1. The highest BCUT2D eigenvalue weighted by atomic mass is 19.1. The van der Waals surface area contributed by atoms with Gasteiger partial charge >= 0.3 is 5.97 Å². The molecular weight excluding hydrogens is 407 g/mol. The third kappa shape index (κ3) is 4.61. The van der Waals surface area contributed by atoms with E-state index < -0.39 is 0 Å². The van der Waals surface area contributed by atoms with Crippen LogP contribution in [0.2, 0.25) is 0 Å². The molecule has 1 unspecified atom stereocenters. The number of benzene rings is 2. The average Bonchev–Trinajstić information content (AvgIpc) is 3.34. The molecule has 0 bridgehead atoms. The molecule has 6 heteroatoms. The van der Waals surface area contributed by atoms with Crippen LogP contribution < -0.4 is 0 Å². The quantitative estimate of drug-likeness (QED) is 0.408. The summed E-state index contributed by atoms with van der Waals surface area (Å²) >= 11 is 0. The van der Waals surface area contributed by atoms with Gasteiger partial charge in [-0.25, -0.2) is 9.18 Å². The number of hydrogen-bond acceptors (Lipinski definition) is 4. The van der Waals surface area contributed by atoms with Crippen LogP contribution in [0.1, 0.15) is 40.4 Å². The van der Waals surface area contributed by atoms with Crippen LogP contribution >= 0.6 is 0 Å². The van der Waals surface area contributed by atoms with E-state index in [1.165, 1.54) is 30.4 Å². The fourth-order valence-electron chi connectivity index (χ4n) is 4.81. The van der Waals surface area contributed by atoms with Gasteiger partial charge in [0.2, 0.25) is 0 Å². The lowest BCUT2D eigenvalue weighted by atomic mass is 10.0. The molecule has 168 valence electrons. The first-order valence-corrected chi connectivity index (χ1v) is 11.0. The molecule has 0 fully saturated rings. The molecule has 1 aliphatic carbocycles. The monoisotopic (exact) mass is 436 g/mol. The number of carbonyl (C=O) groups is 1. The predicted octanol–water partition coefficient (Wildman–Crippen LogP) is 4.33. The van der Waals surface area contributed by atoms with Gasteiger partial charge in [-0.15, -0.1) is 0 Å². The second kappa shape index (κ2) is 9.67. The Morgan fingerprint density at radius 2 is 2.12 bits per heavy atom. The normalized spacial score (nSPS) is 15.7. The van der Waals surface area contributed by atoms with Gasteiger partial charge < -0.3 is 14.8 Å². The number of halogens is 1. The Hall–Kier alpha value is -2.96. The number of ether oxygens (including phenoxy) is 1. The predicted molar refractivity (Wildman–Crippen MR) is 124 cm³/mol. The molecule has 2 N–H and O–H groups in total. The van der Waals surface area contributed by atoms with E-state index >= 15 is 0 Å². The zero-order valence-electron chi connectivity index (χ0n) is 18.5. The summed E-state index contributed by atoms with van der Waals surface area (Å²) in [5.74, 6) is -0.600. The van der Waals surface area contributed by atoms with Gasteiger partial charge in [0, 0.05) is 41.8 Å². The zero-order chi connectivity index (χ0) is 22.7. The van der Waals surface area contributed by atoms with Crippen LogP contribution in [0.15, 0.2) is 42.5 Å². The number of H-pyrrole nitrogens is 1. The van der Waals surface area contributed by atoms with Crippen molar-refractivity contribution in [3.8, 4) is 0 Å². The number of carbonyl (C=O) groups excluding carboxylic acids is 1. The van der Waals surface area contributed by atoms with E-state index in [0.29, 0.717) is 6.54 Å². The molecule has 1 aromatic heterocycles. The number of aliphatic hydroxyl groups excluding tert-OH is 1. The van der Waals surface area contributed by atoms with Gasteiger partial charge in [-0.1, -0.05) is 18.2 Å². The number of aromatic amines is 1. The Morgan fingerprint density at radius 1 is 1.28 bits per heavy atom. The van der Waals surface area contributed by atoms with Crippen LogP contribution in [-0.2, 0) is 22.4 Å². The lowest BCUT2D eigenvalue weighted by molar-refractivity contribution is -0.134. The smallest absolute Gasteiger partial charge is 0.330 e. The molecule has 0 radical (unpaired) electrons. The van der Waals surface area contributed by atoms with Gasteiger partial charge in [0.1, 0.15) is 5.82 Å². The van der Waals surface area contributed by atoms with Gasteiger partial charge in [0.05, 0.1) is 13.7 Å². The van der Waals surface area contributed by atoms with E-state index in [1.807, 2.05) is 13.0 Å². The van der Waals surface area contributed by atoms with Crippen LogP contribution in [0.5, 0.6) is 0 Å². The third-order valence-corrected chi connectivity index (χ3v) is 6.38. The van der Waals surface area contributed by atoms with Crippen molar-refractivity contribution in [3.63, 3.8) is 0 Å². The Morgan fingerprint density at radius 3 is 2.91 bits per heavy atom. The summed E-state index contributed by atoms with van der Waals surface area (Å²) in [4.78, 5) is 17.0. The van der Waals surface area contributed by atoms with Crippen molar-refractivity contribution in [2.75, 3.05) is 26.8 Å². The number of aliphatic hydroxyl groups is 1. The van der Waals surface area contributed by atoms with E-state index in [2.05, 4.69) is 26.8 Å². The summed E-state index contributed by atoms with van der Waals surface area (Å²) in [5.41, 5.74) is 6.66. The standard InChI is InChI=1S/C26H29FN2O3/c1-17-21(23-16-20(27)6-8-24(23)28-17)11-12-29(13-14-30)25-9-5-19-15-18(3-7-22(19)25)4-10-26(31)32-2/h3-4,6-8,10,15-16,25,28,30H,5,9,11-14H2,1-2H3/b10-4+. The van der Waals surface area contributed by atoms with Crippen molar-refractivity contribution in [1.82, 2.24) is 9.88 Å². The van der Waals surface area contributed by atoms with Crippen molar-refractivity contribution < 1.29 is 19.0 Å². The van der Waals surface area contributed by atoms with Gasteiger partial charge in [0.25, 0.3) is 0 Å². The van der Waals surface area contributed by atoms with E-state index in [9.17, 15) is 14.3 Å². The molecule has 0 amide bonds. The summed E-state index contributed by atoms with van der Waals surface area (Å²) in [6.07, 6.45) is 5.92. The minimum absolute atomic E-state index is 0.0906. The highest BCUT2D eigenvalue weighted by Gasteiger charge is 2.28. The topological polar surface area (TPSA) is 65.6 Å². The van der Waals surface area contributed by atoms with Crippen LogP contribution in [0.25, 0.3) is 17.0 Å². The third-order valence-electron chi connectivity index (χ3n) is 6.38. The molecule has 3 aromatic rings. The number of nitrogens with one attached hydrogen (secondary N) is 1. The Balaban J connectivity index is 1.52. The minimum Gasteiger partial charge on any atom is -0.466 e. The fraction of sp³-hybridized carbons (Fsp3) is 0.346. The number of aryl methyl sites for hydroxylation is 2. The number of methoxy groups -OCH3 is 1. The van der Waals surface area contributed by atoms with E-state index in [1.54, 1.807) is 18.2 Å². The molecule has 0 saturated heterocycles. The first-order chi connectivity index (χ1) is 15.5. The van der Waals surface area contributed by atoms with Crippen molar-refractivity contribution in [2.24, 2.45) is 0 Å². The SMILES string of the molecule is COC(=O)/C=C/c1ccc2c(c1)CCC2N(CCO)CCc1c(C)[nH]c2ccc(F)cc12. The minimum atomic E-state index is -0.370. The second-order valence-electron chi connectivity index (χ2n) is 8.30. The molecule has 0 aliphatic heterocycles. The maximum absolute atomic E-state index is 13.8. The number of esters is 1. The molecule has 1 aliphatic rings.